The number of unbranched alkanes of at least 4 members (excludes halogenated alkanes) is 2. The van der Waals surface area contributed by atoms with Crippen LogP contribution >= 0.6 is 11.8 Å². The van der Waals surface area contributed by atoms with Gasteiger partial charge in [-0.1, -0.05) is 26.7 Å². The van der Waals surface area contributed by atoms with Crippen LogP contribution in [0.2, 0.25) is 0 Å². The third kappa shape index (κ3) is 6.81. The van der Waals surface area contributed by atoms with E-state index in [-0.39, 0.29) is 5.54 Å². The summed E-state index contributed by atoms with van der Waals surface area (Å²) >= 11 is 1.98. The minimum absolute atomic E-state index is 0.364. The molecule has 2 nitrogen and oxygen atoms in total. The minimum atomic E-state index is -0.364. The first kappa shape index (κ1) is 14.8. The highest BCUT2D eigenvalue weighted by Gasteiger charge is 2.23. The Hall–Kier alpha value is -0.200. The summed E-state index contributed by atoms with van der Waals surface area (Å²) in [6.45, 7) is 6.40. The molecular weight excluding hydrogens is 204 g/mol. The lowest BCUT2D eigenvalue weighted by Gasteiger charge is -2.24. The first-order valence-corrected chi connectivity index (χ1v) is 6.84. The van der Waals surface area contributed by atoms with E-state index in [1.54, 1.807) is 0 Å². The Bertz CT molecular complexity index is 200. The van der Waals surface area contributed by atoms with E-state index in [1.807, 2.05) is 25.7 Å². The monoisotopic (exact) mass is 228 g/mol. The molecule has 88 valence electrons. The Morgan fingerprint density at radius 1 is 1.47 bits per heavy atom. The zero-order chi connectivity index (χ0) is 11.7. The van der Waals surface area contributed by atoms with Gasteiger partial charge in [-0.15, -0.1) is 0 Å². The highest BCUT2D eigenvalue weighted by Crippen LogP contribution is 2.22. The minimum Gasteiger partial charge on any atom is -0.303 e. The Balaban J connectivity index is 3.73. The van der Waals surface area contributed by atoms with Crippen molar-refractivity contribution in [3.8, 4) is 6.07 Å². The summed E-state index contributed by atoms with van der Waals surface area (Å²) in [6.07, 6.45) is 4.81. The summed E-state index contributed by atoms with van der Waals surface area (Å²) in [5.41, 5.74) is -0.364. The van der Waals surface area contributed by atoms with Crippen LogP contribution in [0.4, 0.5) is 0 Å². The van der Waals surface area contributed by atoms with Gasteiger partial charge in [0.05, 0.1) is 6.07 Å². The summed E-state index contributed by atoms with van der Waals surface area (Å²) in [5.74, 6) is 1.22. The fourth-order valence-corrected chi connectivity index (χ4v) is 2.70. The molecule has 0 bridgehead atoms. The SMILES string of the molecule is CCCCCSC(C)CC(C)(C#N)NC. The largest absolute Gasteiger partial charge is 0.303 e. The van der Waals surface area contributed by atoms with Crippen molar-refractivity contribution in [3.63, 3.8) is 0 Å². The summed E-state index contributed by atoms with van der Waals surface area (Å²) < 4.78 is 0. The van der Waals surface area contributed by atoms with Crippen molar-refractivity contribution in [2.24, 2.45) is 0 Å². The van der Waals surface area contributed by atoms with Gasteiger partial charge in [0.15, 0.2) is 0 Å². The Labute approximate surface area is 98.8 Å². The number of nitriles is 1. The van der Waals surface area contributed by atoms with Gasteiger partial charge < -0.3 is 5.32 Å². The normalized spacial score (nSPS) is 16.7. The fraction of sp³-hybridized carbons (Fsp3) is 0.917. The molecule has 0 aromatic rings. The highest BCUT2D eigenvalue weighted by atomic mass is 32.2. The number of hydrogen-bond donors (Lipinski definition) is 1. The second-order valence-electron chi connectivity index (χ2n) is 4.29. The molecule has 2 atom stereocenters. The number of nitrogens with one attached hydrogen (secondary N) is 1. The van der Waals surface area contributed by atoms with E-state index < -0.39 is 0 Å². The maximum atomic E-state index is 9.02. The van der Waals surface area contributed by atoms with Crippen LogP contribution in [0.1, 0.15) is 46.5 Å². The van der Waals surface area contributed by atoms with Gasteiger partial charge in [0, 0.05) is 5.25 Å². The summed E-state index contributed by atoms with van der Waals surface area (Å²) in [5, 5.41) is 12.7. The van der Waals surface area contributed by atoms with Gasteiger partial charge in [-0.05, 0) is 32.6 Å². The van der Waals surface area contributed by atoms with Crippen molar-refractivity contribution >= 4 is 11.8 Å². The lowest BCUT2D eigenvalue weighted by Crippen LogP contribution is -2.40. The van der Waals surface area contributed by atoms with Gasteiger partial charge in [-0.25, -0.2) is 0 Å². The van der Waals surface area contributed by atoms with Crippen molar-refractivity contribution in [2.75, 3.05) is 12.8 Å². The van der Waals surface area contributed by atoms with Gasteiger partial charge in [-0.2, -0.15) is 17.0 Å². The van der Waals surface area contributed by atoms with Crippen LogP contribution in [0.15, 0.2) is 0 Å². The second-order valence-corrected chi connectivity index (χ2v) is 5.83. The molecule has 0 heterocycles. The van der Waals surface area contributed by atoms with Crippen molar-refractivity contribution < 1.29 is 0 Å². The summed E-state index contributed by atoms with van der Waals surface area (Å²) in [4.78, 5) is 0. The third-order valence-corrected chi connectivity index (χ3v) is 3.90. The van der Waals surface area contributed by atoms with Crippen molar-refractivity contribution in [2.45, 2.75) is 57.2 Å². The molecule has 0 aliphatic rings. The summed E-state index contributed by atoms with van der Waals surface area (Å²) in [7, 11) is 1.86. The lowest BCUT2D eigenvalue weighted by molar-refractivity contribution is 0.455. The average Bonchev–Trinajstić information content (AvgIpc) is 2.24. The maximum absolute atomic E-state index is 9.02. The standard InChI is InChI=1S/C12H24N2S/c1-5-6-7-8-15-11(2)9-12(3,10-13)14-4/h11,14H,5-9H2,1-4H3. The quantitative estimate of drug-likeness (QED) is 0.648. The Morgan fingerprint density at radius 2 is 2.13 bits per heavy atom. The molecule has 0 amide bonds. The van der Waals surface area contributed by atoms with E-state index in [2.05, 4.69) is 25.2 Å². The van der Waals surface area contributed by atoms with E-state index in [0.29, 0.717) is 5.25 Å². The lowest BCUT2D eigenvalue weighted by atomic mass is 9.98. The number of nitrogens with zero attached hydrogens (tertiary/aromatic N) is 1. The van der Waals surface area contributed by atoms with E-state index >= 15 is 0 Å². The van der Waals surface area contributed by atoms with E-state index in [1.165, 1.54) is 25.0 Å². The fourth-order valence-electron chi connectivity index (χ4n) is 1.47. The molecule has 0 spiro atoms. The number of thioether (sulfide) groups is 1. The average molecular weight is 228 g/mol. The van der Waals surface area contributed by atoms with Gasteiger partial charge in [-0.3, -0.25) is 0 Å². The molecule has 0 aliphatic carbocycles. The predicted octanol–water partition coefficient (Wildman–Crippen LogP) is 3.19. The van der Waals surface area contributed by atoms with Crippen LogP contribution in [-0.2, 0) is 0 Å². The van der Waals surface area contributed by atoms with Crippen LogP contribution in [0.25, 0.3) is 0 Å². The molecule has 2 unspecified atom stereocenters. The third-order valence-electron chi connectivity index (χ3n) is 2.64. The first-order valence-electron chi connectivity index (χ1n) is 5.79. The summed E-state index contributed by atoms with van der Waals surface area (Å²) in [6, 6.07) is 2.34. The van der Waals surface area contributed by atoms with Crippen LogP contribution < -0.4 is 5.32 Å². The smallest absolute Gasteiger partial charge is 0.104 e. The van der Waals surface area contributed by atoms with E-state index in [0.717, 1.165) is 6.42 Å². The van der Waals surface area contributed by atoms with E-state index in [4.69, 9.17) is 5.26 Å². The zero-order valence-electron chi connectivity index (χ0n) is 10.5. The molecule has 0 aromatic heterocycles. The molecule has 0 rings (SSSR count). The van der Waals surface area contributed by atoms with Gasteiger partial charge >= 0.3 is 0 Å². The molecule has 0 saturated carbocycles. The first-order chi connectivity index (χ1) is 7.08. The van der Waals surface area contributed by atoms with Crippen molar-refractivity contribution in [1.29, 1.82) is 5.26 Å². The molecule has 0 radical (unpaired) electrons. The molecule has 3 heteroatoms. The number of rotatable bonds is 8. The number of hydrogen-bond acceptors (Lipinski definition) is 3. The molecule has 15 heavy (non-hydrogen) atoms. The molecule has 0 aliphatic heterocycles. The molecule has 0 fully saturated rings. The molecule has 0 aromatic carbocycles. The molecule has 1 N–H and O–H groups in total. The zero-order valence-corrected chi connectivity index (χ0v) is 11.3. The van der Waals surface area contributed by atoms with E-state index in [9.17, 15) is 0 Å². The Morgan fingerprint density at radius 3 is 2.60 bits per heavy atom. The van der Waals surface area contributed by atoms with Gasteiger partial charge in [0.2, 0.25) is 0 Å². The Kier molecular flexibility index (Phi) is 7.90. The van der Waals surface area contributed by atoms with Crippen LogP contribution in [0, 0.1) is 11.3 Å². The van der Waals surface area contributed by atoms with Crippen molar-refractivity contribution in [3.05, 3.63) is 0 Å². The highest BCUT2D eigenvalue weighted by molar-refractivity contribution is 7.99. The maximum Gasteiger partial charge on any atom is 0.104 e. The predicted molar refractivity (Wildman–Crippen MR) is 69.1 cm³/mol. The van der Waals surface area contributed by atoms with Crippen LogP contribution in [0.5, 0.6) is 0 Å². The van der Waals surface area contributed by atoms with Crippen molar-refractivity contribution in [1.82, 2.24) is 5.32 Å². The van der Waals surface area contributed by atoms with Crippen LogP contribution in [0.3, 0.4) is 0 Å². The molecular formula is C12H24N2S. The van der Waals surface area contributed by atoms with Crippen LogP contribution in [-0.4, -0.2) is 23.6 Å². The topological polar surface area (TPSA) is 35.8 Å². The second kappa shape index (κ2) is 8.01. The van der Waals surface area contributed by atoms with Gasteiger partial charge in [0.1, 0.15) is 5.54 Å². The van der Waals surface area contributed by atoms with Gasteiger partial charge in [0.25, 0.3) is 0 Å². The molecule has 0 saturated heterocycles.